The standard InChI is InChI=1S/C22H20Br2ClNO/c1-14-3-6-16(7-4-14)13-27-22-17(9-18(23)10-20(22)24)12-26-21-11-19(25)8-5-15(21)2/h3-11,26H,12-13H2,1-2H3. The summed E-state index contributed by atoms with van der Waals surface area (Å²) in [6.07, 6.45) is 0. The molecule has 0 heterocycles. The second-order valence-corrected chi connectivity index (χ2v) is 8.67. The maximum atomic E-state index is 6.16. The second kappa shape index (κ2) is 9.13. The summed E-state index contributed by atoms with van der Waals surface area (Å²) in [6.45, 7) is 5.29. The maximum absolute atomic E-state index is 6.16. The van der Waals surface area contributed by atoms with E-state index in [9.17, 15) is 0 Å². The average molecular weight is 510 g/mol. The van der Waals surface area contributed by atoms with Crippen molar-refractivity contribution in [2.75, 3.05) is 5.32 Å². The highest BCUT2D eigenvalue weighted by Crippen LogP contribution is 2.34. The number of rotatable bonds is 6. The maximum Gasteiger partial charge on any atom is 0.139 e. The number of halogens is 3. The molecular weight excluding hydrogens is 490 g/mol. The topological polar surface area (TPSA) is 21.3 Å². The van der Waals surface area contributed by atoms with E-state index in [4.69, 9.17) is 16.3 Å². The molecule has 140 valence electrons. The lowest BCUT2D eigenvalue weighted by atomic mass is 10.1. The van der Waals surface area contributed by atoms with Gasteiger partial charge in [0.05, 0.1) is 4.47 Å². The van der Waals surface area contributed by atoms with Crippen LogP contribution < -0.4 is 10.1 Å². The van der Waals surface area contributed by atoms with Crippen LogP contribution in [0.25, 0.3) is 0 Å². The van der Waals surface area contributed by atoms with Crippen LogP contribution in [0.5, 0.6) is 5.75 Å². The molecule has 2 nitrogen and oxygen atoms in total. The highest BCUT2D eigenvalue weighted by Gasteiger charge is 2.11. The quantitative estimate of drug-likeness (QED) is 0.368. The van der Waals surface area contributed by atoms with Gasteiger partial charge in [0.25, 0.3) is 0 Å². The van der Waals surface area contributed by atoms with Crippen molar-refractivity contribution in [3.8, 4) is 5.75 Å². The molecular formula is C22H20Br2ClNO. The van der Waals surface area contributed by atoms with Gasteiger partial charge >= 0.3 is 0 Å². The number of benzene rings is 3. The fraction of sp³-hybridized carbons (Fsp3) is 0.182. The SMILES string of the molecule is Cc1ccc(COc2c(Br)cc(Br)cc2CNc2cc(Cl)ccc2C)cc1. The molecule has 0 saturated carbocycles. The lowest BCUT2D eigenvalue weighted by molar-refractivity contribution is 0.301. The number of hydrogen-bond donors (Lipinski definition) is 1. The summed E-state index contributed by atoms with van der Waals surface area (Å²) in [4.78, 5) is 0. The number of hydrogen-bond acceptors (Lipinski definition) is 2. The fourth-order valence-electron chi connectivity index (χ4n) is 2.72. The largest absolute Gasteiger partial charge is 0.487 e. The second-order valence-electron chi connectivity index (χ2n) is 6.46. The average Bonchev–Trinajstić information content (AvgIpc) is 2.63. The van der Waals surface area contributed by atoms with Gasteiger partial charge in [-0.1, -0.05) is 63.4 Å². The van der Waals surface area contributed by atoms with Crippen molar-refractivity contribution in [1.29, 1.82) is 0 Å². The molecule has 0 amide bonds. The molecule has 3 aromatic rings. The van der Waals surface area contributed by atoms with Crippen LogP contribution in [-0.2, 0) is 13.2 Å². The Labute approximate surface area is 182 Å². The number of ether oxygens (including phenoxy) is 1. The smallest absolute Gasteiger partial charge is 0.139 e. The highest BCUT2D eigenvalue weighted by molar-refractivity contribution is 9.11. The Morgan fingerprint density at radius 2 is 1.70 bits per heavy atom. The molecule has 3 rings (SSSR count). The summed E-state index contributed by atoms with van der Waals surface area (Å²) in [5.74, 6) is 0.839. The Hall–Kier alpha value is -1.49. The molecule has 0 spiro atoms. The van der Waals surface area contributed by atoms with E-state index >= 15 is 0 Å². The van der Waals surface area contributed by atoms with Gasteiger partial charge in [-0.15, -0.1) is 0 Å². The third kappa shape index (κ3) is 5.50. The summed E-state index contributed by atoms with van der Waals surface area (Å²) in [5, 5.41) is 4.18. The van der Waals surface area contributed by atoms with Crippen LogP contribution in [0, 0.1) is 13.8 Å². The van der Waals surface area contributed by atoms with Crippen LogP contribution in [0.15, 0.2) is 63.5 Å². The van der Waals surface area contributed by atoms with Crippen molar-refractivity contribution >= 4 is 49.1 Å². The van der Waals surface area contributed by atoms with E-state index < -0.39 is 0 Å². The van der Waals surface area contributed by atoms with E-state index in [0.29, 0.717) is 13.2 Å². The Kier molecular flexibility index (Phi) is 6.85. The van der Waals surface area contributed by atoms with Gasteiger partial charge in [-0.3, -0.25) is 0 Å². The molecule has 0 radical (unpaired) electrons. The molecule has 5 heteroatoms. The van der Waals surface area contributed by atoms with Gasteiger partial charge in [0, 0.05) is 27.3 Å². The summed E-state index contributed by atoms with van der Waals surface area (Å²) in [7, 11) is 0. The Balaban J connectivity index is 1.79. The minimum absolute atomic E-state index is 0.518. The lowest BCUT2D eigenvalue weighted by Crippen LogP contribution is -2.05. The Bertz CT molecular complexity index is 942. The molecule has 27 heavy (non-hydrogen) atoms. The molecule has 0 bridgehead atoms. The van der Waals surface area contributed by atoms with Gasteiger partial charge < -0.3 is 10.1 Å². The summed E-state index contributed by atoms with van der Waals surface area (Å²) in [6, 6.07) is 18.3. The van der Waals surface area contributed by atoms with Crippen molar-refractivity contribution in [2.24, 2.45) is 0 Å². The fourth-order valence-corrected chi connectivity index (χ4v) is 4.32. The van der Waals surface area contributed by atoms with Crippen LogP contribution in [-0.4, -0.2) is 0 Å². The van der Waals surface area contributed by atoms with E-state index in [1.54, 1.807) is 0 Å². The first-order valence-corrected chi connectivity index (χ1v) is 10.5. The van der Waals surface area contributed by atoms with E-state index in [0.717, 1.165) is 42.1 Å². The number of nitrogens with one attached hydrogen (secondary N) is 1. The molecule has 3 aromatic carbocycles. The van der Waals surface area contributed by atoms with Crippen LogP contribution >= 0.6 is 43.5 Å². The molecule has 0 aliphatic carbocycles. The van der Waals surface area contributed by atoms with Gasteiger partial charge in [0.2, 0.25) is 0 Å². The van der Waals surface area contributed by atoms with Crippen molar-refractivity contribution in [3.63, 3.8) is 0 Å². The molecule has 0 fully saturated rings. The summed E-state index contributed by atoms with van der Waals surface area (Å²) < 4.78 is 8.07. The van der Waals surface area contributed by atoms with Gasteiger partial charge in [-0.2, -0.15) is 0 Å². The van der Waals surface area contributed by atoms with Crippen LogP contribution in [0.4, 0.5) is 5.69 Å². The molecule has 0 aliphatic heterocycles. The minimum Gasteiger partial charge on any atom is -0.487 e. The van der Waals surface area contributed by atoms with Crippen molar-refractivity contribution in [2.45, 2.75) is 27.0 Å². The first kappa shape index (κ1) is 20.2. The summed E-state index contributed by atoms with van der Waals surface area (Å²) in [5.41, 5.74) is 5.60. The summed E-state index contributed by atoms with van der Waals surface area (Å²) >= 11 is 13.3. The predicted molar refractivity (Wildman–Crippen MR) is 121 cm³/mol. The van der Waals surface area contributed by atoms with E-state index in [2.05, 4.69) is 81.4 Å². The number of aryl methyl sites for hydroxylation is 2. The van der Waals surface area contributed by atoms with Gasteiger partial charge in [-0.05, 0) is 65.2 Å². The van der Waals surface area contributed by atoms with Gasteiger partial charge in [-0.25, -0.2) is 0 Å². The third-order valence-electron chi connectivity index (χ3n) is 4.26. The first-order chi connectivity index (χ1) is 12.9. The Morgan fingerprint density at radius 1 is 0.963 bits per heavy atom. The minimum atomic E-state index is 0.518. The zero-order valence-corrected chi connectivity index (χ0v) is 19.1. The third-order valence-corrected chi connectivity index (χ3v) is 5.54. The van der Waals surface area contributed by atoms with Crippen molar-refractivity contribution < 1.29 is 4.74 Å². The first-order valence-electron chi connectivity index (χ1n) is 8.58. The molecule has 0 atom stereocenters. The van der Waals surface area contributed by atoms with Gasteiger partial charge in [0.1, 0.15) is 12.4 Å². The molecule has 0 unspecified atom stereocenters. The lowest BCUT2D eigenvalue weighted by Gasteiger charge is -2.16. The monoisotopic (exact) mass is 507 g/mol. The normalized spacial score (nSPS) is 10.7. The van der Waals surface area contributed by atoms with Crippen LogP contribution in [0.2, 0.25) is 5.02 Å². The number of anilines is 1. The molecule has 0 aromatic heterocycles. The molecule has 0 saturated heterocycles. The molecule has 0 aliphatic rings. The van der Waals surface area contributed by atoms with Crippen LogP contribution in [0.1, 0.15) is 22.3 Å². The van der Waals surface area contributed by atoms with E-state index in [1.807, 2.05) is 24.3 Å². The zero-order chi connectivity index (χ0) is 19.4. The highest BCUT2D eigenvalue weighted by atomic mass is 79.9. The van der Waals surface area contributed by atoms with Crippen molar-refractivity contribution in [1.82, 2.24) is 0 Å². The molecule has 1 N–H and O–H groups in total. The van der Waals surface area contributed by atoms with E-state index in [-0.39, 0.29) is 0 Å². The van der Waals surface area contributed by atoms with Crippen LogP contribution in [0.3, 0.4) is 0 Å². The van der Waals surface area contributed by atoms with Crippen molar-refractivity contribution in [3.05, 3.63) is 90.8 Å². The van der Waals surface area contributed by atoms with E-state index in [1.165, 1.54) is 5.56 Å². The Morgan fingerprint density at radius 3 is 2.44 bits per heavy atom. The van der Waals surface area contributed by atoms with Gasteiger partial charge in [0.15, 0.2) is 0 Å². The predicted octanol–water partition coefficient (Wildman–Crippen LogP) is 7.67. The zero-order valence-electron chi connectivity index (χ0n) is 15.2.